The number of nitriles is 2. The molecule has 0 aliphatic heterocycles. The molecule has 4 nitrogen and oxygen atoms in total. The zero-order chi connectivity index (χ0) is 14.5. The van der Waals surface area contributed by atoms with Crippen molar-refractivity contribution in [1.82, 2.24) is 0 Å². The lowest BCUT2D eigenvalue weighted by atomic mass is 9.70. The molecule has 0 fully saturated rings. The molecule has 0 heterocycles. The van der Waals surface area contributed by atoms with Gasteiger partial charge in [0, 0.05) is 6.42 Å². The van der Waals surface area contributed by atoms with Gasteiger partial charge in [-0.15, -0.1) is 0 Å². The van der Waals surface area contributed by atoms with Crippen LogP contribution in [-0.4, -0.2) is 11.1 Å². The smallest absolute Gasteiger partial charge is 0.303 e. The van der Waals surface area contributed by atoms with Gasteiger partial charge in [-0.2, -0.15) is 10.5 Å². The third-order valence-corrected chi connectivity index (χ3v) is 3.45. The summed E-state index contributed by atoms with van der Waals surface area (Å²) in [6, 6.07) is 11.1. The monoisotopic (exact) mass is 256 g/mol. The van der Waals surface area contributed by atoms with Crippen molar-refractivity contribution < 1.29 is 9.90 Å². The summed E-state index contributed by atoms with van der Waals surface area (Å²) < 4.78 is 0. The molecule has 1 atom stereocenters. The Balaban J connectivity index is 3.19. The van der Waals surface area contributed by atoms with Crippen LogP contribution in [-0.2, 0) is 10.2 Å². The summed E-state index contributed by atoms with van der Waals surface area (Å²) in [7, 11) is 0. The van der Waals surface area contributed by atoms with Gasteiger partial charge in [0.05, 0.1) is 23.1 Å². The molecule has 0 aliphatic rings. The van der Waals surface area contributed by atoms with E-state index in [1.54, 1.807) is 24.3 Å². The van der Waals surface area contributed by atoms with Crippen molar-refractivity contribution in [3.63, 3.8) is 0 Å². The molecule has 0 aromatic heterocycles. The van der Waals surface area contributed by atoms with E-state index in [1.165, 1.54) is 0 Å². The minimum absolute atomic E-state index is 0.00946. The van der Waals surface area contributed by atoms with Crippen LogP contribution in [0, 0.1) is 28.6 Å². The van der Waals surface area contributed by atoms with Crippen LogP contribution in [0.4, 0.5) is 0 Å². The van der Waals surface area contributed by atoms with Gasteiger partial charge in [0.15, 0.2) is 0 Å². The number of aliphatic carboxylic acids is 1. The fourth-order valence-corrected chi connectivity index (χ4v) is 2.16. The van der Waals surface area contributed by atoms with E-state index in [4.69, 9.17) is 10.4 Å². The number of carboxylic acid groups (broad SMARTS) is 1. The van der Waals surface area contributed by atoms with E-state index in [1.807, 2.05) is 19.9 Å². The van der Waals surface area contributed by atoms with Crippen LogP contribution in [0.2, 0.25) is 0 Å². The van der Waals surface area contributed by atoms with Crippen molar-refractivity contribution >= 4 is 5.97 Å². The number of hydrogen-bond donors (Lipinski definition) is 1. The molecular formula is C15H16N2O2. The van der Waals surface area contributed by atoms with Crippen molar-refractivity contribution in [2.75, 3.05) is 0 Å². The van der Waals surface area contributed by atoms with Crippen molar-refractivity contribution in [2.24, 2.45) is 5.92 Å². The van der Waals surface area contributed by atoms with Gasteiger partial charge in [-0.05, 0) is 30.0 Å². The highest BCUT2D eigenvalue weighted by molar-refractivity contribution is 5.67. The maximum atomic E-state index is 10.8. The standard InChI is InChI=1S/C15H16N2O2/c1-11(2)15(10-17,8-7-14(18)19)13-5-3-12(9-16)4-6-13/h3-6,11H,7-8H2,1-2H3,(H,18,19). The first kappa shape index (κ1) is 14.7. The Labute approximate surface area is 112 Å². The Kier molecular flexibility index (Phi) is 4.67. The summed E-state index contributed by atoms with van der Waals surface area (Å²) in [5, 5.41) is 27.1. The van der Waals surface area contributed by atoms with Crippen molar-refractivity contribution in [3.8, 4) is 12.1 Å². The van der Waals surface area contributed by atoms with Gasteiger partial charge < -0.3 is 5.11 Å². The van der Waals surface area contributed by atoms with E-state index >= 15 is 0 Å². The van der Waals surface area contributed by atoms with Gasteiger partial charge in [-0.3, -0.25) is 4.79 Å². The summed E-state index contributed by atoms with van der Waals surface area (Å²) in [5.41, 5.74) is 0.467. The number of nitrogens with zero attached hydrogens (tertiary/aromatic N) is 2. The molecular weight excluding hydrogens is 240 g/mol. The van der Waals surface area contributed by atoms with E-state index < -0.39 is 11.4 Å². The number of benzene rings is 1. The third kappa shape index (κ3) is 3.11. The number of rotatable bonds is 5. The lowest BCUT2D eigenvalue weighted by molar-refractivity contribution is -0.137. The van der Waals surface area contributed by atoms with Crippen molar-refractivity contribution in [2.45, 2.75) is 32.1 Å². The second-order valence-electron chi connectivity index (χ2n) is 4.82. The lowest BCUT2D eigenvalue weighted by Gasteiger charge is -2.31. The van der Waals surface area contributed by atoms with Crippen molar-refractivity contribution in [1.29, 1.82) is 10.5 Å². The Morgan fingerprint density at radius 1 is 1.32 bits per heavy atom. The van der Waals surface area contributed by atoms with E-state index in [-0.39, 0.29) is 18.8 Å². The molecule has 1 aromatic carbocycles. The molecule has 0 saturated carbocycles. The third-order valence-electron chi connectivity index (χ3n) is 3.45. The van der Waals surface area contributed by atoms with Crippen LogP contribution in [0.5, 0.6) is 0 Å². The minimum atomic E-state index is -0.908. The van der Waals surface area contributed by atoms with Gasteiger partial charge in [0.1, 0.15) is 0 Å². The highest BCUT2D eigenvalue weighted by Crippen LogP contribution is 2.36. The van der Waals surface area contributed by atoms with Crippen LogP contribution in [0.25, 0.3) is 0 Å². The first-order chi connectivity index (χ1) is 8.96. The Bertz CT molecular complexity index is 535. The molecule has 0 aliphatic carbocycles. The first-order valence-electron chi connectivity index (χ1n) is 6.10. The molecule has 19 heavy (non-hydrogen) atoms. The second-order valence-corrected chi connectivity index (χ2v) is 4.82. The molecule has 1 N–H and O–H groups in total. The fraction of sp³-hybridized carbons (Fsp3) is 0.400. The Morgan fingerprint density at radius 3 is 2.26 bits per heavy atom. The van der Waals surface area contributed by atoms with Crippen LogP contribution in [0.1, 0.15) is 37.8 Å². The summed E-state index contributed by atoms with van der Waals surface area (Å²) >= 11 is 0. The molecule has 1 unspecified atom stereocenters. The minimum Gasteiger partial charge on any atom is -0.481 e. The summed E-state index contributed by atoms with van der Waals surface area (Å²) in [6.07, 6.45) is 0.216. The largest absolute Gasteiger partial charge is 0.481 e. The normalized spacial score (nSPS) is 13.3. The van der Waals surface area contributed by atoms with Crippen molar-refractivity contribution in [3.05, 3.63) is 35.4 Å². The van der Waals surface area contributed by atoms with Crippen LogP contribution < -0.4 is 0 Å². The molecule has 4 heteroatoms. The summed E-state index contributed by atoms with van der Waals surface area (Å²) in [4.78, 5) is 10.8. The Morgan fingerprint density at radius 2 is 1.89 bits per heavy atom. The number of carbonyl (C=O) groups is 1. The Hall–Kier alpha value is -2.33. The molecule has 1 rings (SSSR count). The van der Waals surface area contributed by atoms with Crippen LogP contribution >= 0.6 is 0 Å². The molecule has 98 valence electrons. The van der Waals surface area contributed by atoms with Gasteiger partial charge in [-0.25, -0.2) is 0 Å². The van der Waals surface area contributed by atoms with E-state index in [2.05, 4.69) is 6.07 Å². The molecule has 1 aromatic rings. The van der Waals surface area contributed by atoms with E-state index in [9.17, 15) is 10.1 Å². The first-order valence-corrected chi connectivity index (χ1v) is 6.10. The second kappa shape index (κ2) is 6.02. The number of carboxylic acids is 1. The molecule has 0 bridgehead atoms. The lowest BCUT2D eigenvalue weighted by Crippen LogP contribution is -2.31. The number of hydrogen-bond acceptors (Lipinski definition) is 3. The zero-order valence-corrected chi connectivity index (χ0v) is 11.1. The fourth-order valence-electron chi connectivity index (χ4n) is 2.16. The average molecular weight is 256 g/mol. The van der Waals surface area contributed by atoms with Gasteiger partial charge in [-0.1, -0.05) is 26.0 Å². The quantitative estimate of drug-likeness (QED) is 0.877. The van der Waals surface area contributed by atoms with Gasteiger partial charge in [0.2, 0.25) is 0 Å². The van der Waals surface area contributed by atoms with E-state index in [0.29, 0.717) is 5.56 Å². The SMILES string of the molecule is CC(C)C(C#N)(CCC(=O)O)c1ccc(C#N)cc1. The molecule has 0 saturated heterocycles. The van der Waals surface area contributed by atoms with Crippen LogP contribution in [0.15, 0.2) is 24.3 Å². The summed E-state index contributed by atoms with van der Waals surface area (Å²) in [6.45, 7) is 3.81. The average Bonchev–Trinajstić information content (AvgIpc) is 2.40. The molecule has 0 radical (unpaired) electrons. The zero-order valence-electron chi connectivity index (χ0n) is 11.1. The van der Waals surface area contributed by atoms with Crippen LogP contribution in [0.3, 0.4) is 0 Å². The molecule has 0 spiro atoms. The predicted octanol–water partition coefficient (Wildman–Crippen LogP) is 2.84. The highest BCUT2D eigenvalue weighted by Gasteiger charge is 2.36. The van der Waals surface area contributed by atoms with Gasteiger partial charge in [0.25, 0.3) is 0 Å². The maximum Gasteiger partial charge on any atom is 0.303 e. The topological polar surface area (TPSA) is 84.9 Å². The predicted molar refractivity (Wildman–Crippen MR) is 70.2 cm³/mol. The van der Waals surface area contributed by atoms with Gasteiger partial charge >= 0.3 is 5.97 Å². The highest BCUT2D eigenvalue weighted by atomic mass is 16.4. The maximum absolute atomic E-state index is 10.8. The summed E-state index contributed by atoms with van der Waals surface area (Å²) in [5.74, 6) is -0.918. The van der Waals surface area contributed by atoms with E-state index in [0.717, 1.165) is 5.56 Å². The molecule has 0 amide bonds.